The molecule has 0 spiro atoms. The number of hydrogen-bond donors (Lipinski definition) is 0. The van der Waals surface area contributed by atoms with Crippen LogP contribution in [0.4, 0.5) is 0 Å². The predicted octanol–water partition coefficient (Wildman–Crippen LogP) is 4.25. The van der Waals surface area contributed by atoms with Crippen molar-refractivity contribution in [2.45, 2.75) is 37.6 Å². The van der Waals surface area contributed by atoms with Gasteiger partial charge in [-0.25, -0.2) is 4.98 Å². The standard InChI is InChI=1S/C21H21N5O2S/c1-12-6-5-7-17(23-12)19(27)10-16-8-15(9-18-20(16)28-14(3)24-18)13(2)29-21-25-22-11-26(21)4/h5-9,11,13H,10H2,1-4H3/t13-/m1/s1. The van der Waals surface area contributed by atoms with Gasteiger partial charge >= 0.3 is 0 Å². The lowest BCUT2D eigenvalue weighted by Crippen LogP contribution is -2.07. The quantitative estimate of drug-likeness (QED) is 0.349. The molecule has 3 heterocycles. The van der Waals surface area contributed by atoms with Crippen LogP contribution in [0.2, 0.25) is 0 Å². The van der Waals surface area contributed by atoms with Crippen LogP contribution >= 0.6 is 11.8 Å². The fraction of sp³-hybridized carbons (Fsp3) is 0.286. The van der Waals surface area contributed by atoms with Crippen molar-refractivity contribution < 1.29 is 9.21 Å². The van der Waals surface area contributed by atoms with E-state index in [0.29, 0.717) is 17.2 Å². The van der Waals surface area contributed by atoms with E-state index in [1.165, 1.54) is 0 Å². The third kappa shape index (κ3) is 4.07. The molecule has 148 valence electrons. The third-order valence-electron chi connectivity index (χ3n) is 4.64. The van der Waals surface area contributed by atoms with Gasteiger partial charge in [-0.1, -0.05) is 23.9 Å². The van der Waals surface area contributed by atoms with Crippen LogP contribution in [0, 0.1) is 13.8 Å². The molecule has 1 aromatic carbocycles. The number of carbonyl (C=O) groups excluding carboxylic acids is 1. The average molecular weight is 407 g/mol. The minimum Gasteiger partial charge on any atom is -0.441 e. The molecular formula is C21H21N5O2S. The SMILES string of the molecule is Cc1cccc(C(=O)Cc2cc([C@@H](C)Sc3nncn3C)cc3nc(C)oc23)n1. The molecule has 0 bridgehead atoms. The van der Waals surface area contributed by atoms with E-state index in [1.54, 1.807) is 24.2 Å². The Balaban J connectivity index is 1.69. The van der Waals surface area contributed by atoms with E-state index in [1.807, 2.05) is 49.7 Å². The highest BCUT2D eigenvalue weighted by atomic mass is 32.2. The Bertz CT molecular complexity index is 1200. The van der Waals surface area contributed by atoms with Crippen molar-refractivity contribution in [2.24, 2.45) is 7.05 Å². The average Bonchev–Trinajstić information content (AvgIpc) is 3.26. The maximum atomic E-state index is 12.8. The van der Waals surface area contributed by atoms with Gasteiger partial charge in [0, 0.05) is 36.9 Å². The van der Waals surface area contributed by atoms with Crippen molar-refractivity contribution in [1.29, 1.82) is 0 Å². The molecule has 0 aliphatic carbocycles. The fourth-order valence-electron chi connectivity index (χ4n) is 3.17. The summed E-state index contributed by atoms with van der Waals surface area (Å²) in [6, 6.07) is 9.50. The third-order valence-corrected chi connectivity index (χ3v) is 5.85. The summed E-state index contributed by atoms with van der Waals surface area (Å²) in [6.45, 7) is 5.78. The summed E-state index contributed by atoms with van der Waals surface area (Å²) in [4.78, 5) is 21.7. The van der Waals surface area contributed by atoms with E-state index < -0.39 is 0 Å². The summed E-state index contributed by atoms with van der Waals surface area (Å²) in [5.74, 6) is 0.531. The van der Waals surface area contributed by atoms with Crippen molar-refractivity contribution in [1.82, 2.24) is 24.7 Å². The normalized spacial score (nSPS) is 12.4. The van der Waals surface area contributed by atoms with E-state index >= 15 is 0 Å². The maximum Gasteiger partial charge on any atom is 0.192 e. The molecular weight excluding hydrogens is 386 g/mol. The Hall–Kier alpha value is -3.00. The zero-order valence-corrected chi connectivity index (χ0v) is 17.5. The van der Waals surface area contributed by atoms with Crippen molar-refractivity contribution in [2.75, 3.05) is 0 Å². The first kappa shape index (κ1) is 19.3. The monoisotopic (exact) mass is 407 g/mol. The van der Waals surface area contributed by atoms with Crippen LogP contribution < -0.4 is 0 Å². The summed E-state index contributed by atoms with van der Waals surface area (Å²) in [6.07, 6.45) is 1.88. The Morgan fingerprint density at radius 2 is 2.07 bits per heavy atom. The fourth-order valence-corrected chi connectivity index (χ4v) is 4.07. The summed E-state index contributed by atoms with van der Waals surface area (Å²) in [7, 11) is 1.91. The molecule has 0 aliphatic heterocycles. The molecule has 0 saturated carbocycles. The van der Waals surface area contributed by atoms with Gasteiger partial charge in [0.1, 0.15) is 17.5 Å². The van der Waals surface area contributed by atoms with Crippen LogP contribution in [0.25, 0.3) is 11.1 Å². The summed E-state index contributed by atoms with van der Waals surface area (Å²) in [5, 5.41) is 9.01. The number of aromatic nitrogens is 5. The molecule has 4 aromatic rings. The second-order valence-corrected chi connectivity index (χ2v) is 8.32. The topological polar surface area (TPSA) is 86.7 Å². The molecule has 0 N–H and O–H groups in total. The zero-order chi connectivity index (χ0) is 20.5. The van der Waals surface area contributed by atoms with Gasteiger partial charge in [0.15, 0.2) is 22.4 Å². The van der Waals surface area contributed by atoms with Gasteiger partial charge < -0.3 is 8.98 Å². The minimum absolute atomic E-state index is 0.0465. The van der Waals surface area contributed by atoms with Crippen LogP contribution in [0.1, 0.15) is 45.4 Å². The number of ketones is 1. The first-order chi connectivity index (χ1) is 13.9. The molecule has 29 heavy (non-hydrogen) atoms. The van der Waals surface area contributed by atoms with E-state index in [-0.39, 0.29) is 17.5 Å². The molecule has 0 saturated heterocycles. The largest absolute Gasteiger partial charge is 0.441 e. The molecule has 0 radical (unpaired) electrons. The highest BCUT2D eigenvalue weighted by Gasteiger charge is 2.19. The maximum absolute atomic E-state index is 12.8. The summed E-state index contributed by atoms with van der Waals surface area (Å²) >= 11 is 1.60. The number of rotatable bonds is 6. The van der Waals surface area contributed by atoms with Crippen molar-refractivity contribution in [3.05, 3.63) is 65.1 Å². The van der Waals surface area contributed by atoms with Gasteiger partial charge in [0.05, 0.1) is 0 Å². The van der Waals surface area contributed by atoms with Gasteiger partial charge in [-0.2, -0.15) is 0 Å². The van der Waals surface area contributed by atoms with E-state index in [9.17, 15) is 4.79 Å². The number of aryl methyl sites for hydroxylation is 3. The smallest absolute Gasteiger partial charge is 0.192 e. The molecule has 1 atom stereocenters. The minimum atomic E-state index is -0.0465. The van der Waals surface area contributed by atoms with Crippen LogP contribution in [0.5, 0.6) is 0 Å². The number of hydrogen-bond acceptors (Lipinski definition) is 7. The second kappa shape index (κ2) is 7.79. The Kier molecular flexibility index (Phi) is 5.19. The van der Waals surface area contributed by atoms with Gasteiger partial charge in [0.2, 0.25) is 0 Å². The van der Waals surface area contributed by atoms with E-state index in [0.717, 1.165) is 27.5 Å². The van der Waals surface area contributed by atoms with Gasteiger partial charge in [-0.3, -0.25) is 9.78 Å². The molecule has 8 heteroatoms. The molecule has 0 unspecified atom stereocenters. The first-order valence-corrected chi connectivity index (χ1v) is 10.2. The van der Waals surface area contributed by atoms with Crippen LogP contribution in [-0.2, 0) is 13.5 Å². The lowest BCUT2D eigenvalue weighted by atomic mass is 10.0. The van der Waals surface area contributed by atoms with Crippen molar-refractivity contribution in [3.8, 4) is 0 Å². The molecule has 0 amide bonds. The van der Waals surface area contributed by atoms with Crippen molar-refractivity contribution in [3.63, 3.8) is 0 Å². The molecule has 7 nitrogen and oxygen atoms in total. The number of nitrogens with zero attached hydrogens (tertiary/aromatic N) is 5. The number of pyridine rings is 1. The number of oxazole rings is 1. The van der Waals surface area contributed by atoms with Crippen LogP contribution in [0.3, 0.4) is 0 Å². The highest BCUT2D eigenvalue weighted by Crippen LogP contribution is 2.36. The summed E-state index contributed by atoms with van der Waals surface area (Å²) in [5.41, 5.74) is 4.56. The van der Waals surface area contributed by atoms with E-state index in [4.69, 9.17) is 4.42 Å². The lowest BCUT2D eigenvalue weighted by Gasteiger charge is -2.12. The zero-order valence-electron chi connectivity index (χ0n) is 16.7. The Morgan fingerprint density at radius 3 is 2.79 bits per heavy atom. The Labute approximate surface area is 172 Å². The van der Waals surface area contributed by atoms with E-state index in [2.05, 4.69) is 27.1 Å². The predicted molar refractivity (Wildman–Crippen MR) is 111 cm³/mol. The Morgan fingerprint density at radius 1 is 1.24 bits per heavy atom. The number of fused-ring (bicyclic) bond motifs is 1. The van der Waals surface area contributed by atoms with Crippen molar-refractivity contribution >= 4 is 28.6 Å². The molecule has 4 rings (SSSR count). The van der Waals surface area contributed by atoms with Gasteiger partial charge in [0.25, 0.3) is 0 Å². The molecule has 0 aliphatic rings. The van der Waals surface area contributed by atoms with Crippen LogP contribution in [0.15, 0.2) is 46.2 Å². The molecule has 0 fully saturated rings. The molecule has 3 aromatic heterocycles. The van der Waals surface area contributed by atoms with Crippen LogP contribution in [-0.4, -0.2) is 30.5 Å². The highest BCUT2D eigenvalue weighted by molar-refractivity contribution is 7.99. The second-order valence-electron chi connectivity index (χ2n) is 7.01. The number of thioether (sulfide) groups is 1. The number of Topliss-reactive ketones (excluding diaryl/α,β-unsaturated/α-hetero) is 1. The van der Waals surface area contributed by atoms with Gasteiger partial charge in [-0.05, 0) is 37.6 Å². The number of benzene rings is 1. The van der Waals surface area contributed by atoms with Gasteiger partial charge in [-0.15, -0.1) is 10.2 Å². The first-order valence-electron chi connectivity index (χ1n) is 9.28. The number of carbonyl (C=O) groups is 1. The lowest BCUT2D eigenvalue weighted by molar-refractivity contribution is 0.0988. The summed E-state index contributed by atoms with van der Waals surface area (Å²) < 4.78 is 7.68.